The van der Waals surface area contributed by atoms with E-state index in [4.69, 9.17) is 24.4 Å². The number of thiocarbonyl (C=S) groups is 2. The maximum absolute atomic E-state index is 11.8. The van der Waals surface area contributed by atoms with Crippen molar-refractivity contribution in [3.05, 3.63) is 0 Å². The lowest BCUT2D eigenvalue weighted by molar-refractivity contribution is -0.143. The Morgan fingerprint density at radius 2 is 1.04 bits per heavy atom. The van der Waals surface area contributed by atoms with Gasteiger partial charge in [-0.3, -0.25) is 29.0 Å². The third-order valence-corrected chi connectivity index (χ3v) is 4.72. The minimum atomic E-state index is -0.358. The normalized spacial score (nSPS) is 19.8. The molecule has 0 spiro atoms. The fourth-order valence-corrected chi connectivity index (χ4v) is 3.05. The fourth-order valence-electron chi connectivity index (χ4n) is 2.62. The van der Waals surface area contributed by atoms with Gasteiger partial charge in [-0.1, -0.05) is 24.4 Å². The Morgan fingerprint density at radius 1 is 0.652 bits per heavy atom. The quantitative estimate of drug-likeness (QED) is 0.405. The largest absolute Gasteiger partial charge is 0.278 e. The summed E-state index contributed by atoms with van der Waals surface area (Å²) >= 11 is 9.89. The molecule has 2 aliphatic rings. The molecular weight excluding hydrogens is 336 g/mol. The van der Waals surface area contributed by atoms with Crippen molar-refractivity contribution >= 4 is 57.8 Å². The number of hydrogen-bond donors (Lipinski definition) is 0. The molecule has 0 radical (unpaired) electrons. The minimum Gasteiger partial charge on any atom is -0.278 e. The van der Waals surface area contributed by atoms with Crippen molar-refractivity contribution in [2.24, 2.45) is 0 Å². The lowest BCUT2D eigenvalue weighted by atomic mass is 10.1. The van der Waals surface area contributed by atoms with Gasteiger partial charge in [-0.05, 0) is 32.1 Å². The molecule has 4 amide bonds. The highest BCUT2D eigenvalue weighted by Crippen LogP contribution is 2.14. The predicted octanol–water partition coefficient (Wildman–Crippen LogP) is 1.19. The van der Waals surface area contributed by atoms with Gasteiger partial charge in [0, 0.05) is 25.9 Å². The van der Waals surface area contributed by atoms with Crippen LogP contribution in [0.5, 0.6) is 0 Å². The molecule has 0 aromatic heterocycles. The van der Waals surface area contributed by atoms with Gasteiger partial charge in [0.05, 0.1) is 9.73 Å². The molecule has 0 aromatic carbocycles. The predicted molar refractivity (Wildman–Crippen MR) is 91.0 cm³/mol. The molecule has 124 valence electrons. The Bertz CT molecular complexity index is 538. The number of nitrogens with zero attached hydrogens (tertiary/aromatic N) is 2. The summed E-state index contributed by atoms with van der Waals surface area (Å²) < 4.78 is 0. The van der Waals surface area contributed by atoms with Crippen LogP contribution in [0.2, 0.25) is 0 Å². The summed E-state index contributed by atoms with van der Waals surface area (Å²) in [5, 5.41) is 0. The molecule has 0 atom stereocenters. The van der Waals surface area contributed by atoms with Crippen LogP contribution in [0.25, 0.3) is 0 Å². The van der Waals surface area contributed by atoms with E-state index in [0.29, 0.717) is 67.8 Å². The molecule has 0 bridgehead atoms. The Hall–Kier alpha value is -1.54. The van der Waals surface area contributed by atoms with Gasteiger partial charge in [-0.15, -0.1) is 0 Å². The molecule has 0 aliphatic carbocycles. The number of carbonyl (C=O) groups is 4. The standard InChI is InChI=1S/C15H18N2O4S2/c18-12-6-4-10(22)14(20)16(12)8-2-1-3-9-17-13(19)7-5-11(23)15(17)21/h1-9H2. The topological polar surface area (TPSA) is 74.8 Å². The smallest absolute Gasteiger partial charge is 0.267 e. The van der Waals surface area contributed by atoms with E-state index in [0.717, 1.165) is 0 Å². The van der Waals surface area contributed by atoms with Gasteiger partial charge in [-0.2, -0.15) is 0 Å². The second kappa shape index (κ2) is 7.83. The molecule has 8 heteroatoms. The van der Waals surface area contributed by atoms with Crippen LogP contribution >= 0.6 is 24.4 Å². The minimum absolute atomic E-state index is 0.185. The van der Waals surface area contributed by atoms with Crippen molar-refractivity contribution in [1.29, 1.82) is 0 Å². The second-order valence-corrected chi connectivity index (χ2v) is 6.59. The average molecular weight is 354 g/mol. The summed E-state index contributed by atoms with van der Waals surface area (Å²) in [6.45, 7) is 0.663. The van der Waals surface area contributed by atoms with E-state index in [1.807, 2.05) is 0 Å². The van der Waals surface area contributed by atoms with Gasteiger partial charge >= 0.3 is 0 Å². The van der Waals surface area contributed by atoms with Gasteiger partial charge in [0.1, 0.15) is 0 Å². The van der Waals surface area contributed by atoms with Gasteiger partial charge in [0.15, 0.2) is 0 Å². The van der Waals surface area contributed by atoms with Crippen LogP contribution in [0.3, 0.4) is 0 Å². The molecule has 6 nitrogen and oxygen atoms in total. The monoisotopic (exact) mass is 354 g/mol. The Labute approximate surface area is 145 Å². The summed E-state index contributed by atoms with van der Waals surface area (Å²) in [6, 6.07) is 0. The first-order valence-corrected chi connectivity index (χ1v) is 8.48. The van der Waals surface area contributed by atoms with Crippen molar-refractivity contribution in [2.45, 2.75) is 44.9 Å². The van der Waals surface area contributed by atoms with Gasteiger partial charge < -0.3 is 0 Å². The van der Waals surface area contributed by atoms with Gasteiger partial charge in [-0.25, -0.2) is 0 Å². The van der Waals surface area contributed by atoms with Crippen LogP contribution in [0.1, 0.15) is 44.9 Å². The molecule has 0 unspecified atom stereocenters. The van der Waals surface area contributed by atoms with E-state index >= 15 is 0 Å². The highest BCUT2D eigenvalue weighted by atomic mass is 32.1. The Balaban J connectivity index is 1.73. The van der Waals surface area contributed by atoms with E-state index < -0.39 is 0 Å². The van der Waals surface area contributed by atoms with E-state index in [2.05, 4.69) is 0 Å². The van der Waals surface area contributed by atoms with E-state index in [-0.39, 0.29) is 23.6 Å². The second-order valence-electron chi connectivity index (χ2n) is 5.61. The van der Waals surface area contributed by atoms with Crippen LogP contribution in [-0.4, -0.2) is 56.2 Å². The number of amides is 4. The third-order valence-electron chi connectivity index (χ3n) is 3.96. The van der Waals surface area contributed by atoms with Crippen molar-refractivity contribution in [3.8, 4) is 0 Å². The Morgan fingerprint density at radius 3 is 1.43 bits per heavy atom. The maximum Gasteiger partial charge on any atom is 0.267 e. The van der Waals surface area contributed by atoms with Gasteiger partial charge in [0.25, 0.3) is 11.8 Å². The zero-order valence-electron chi connectivity index (χ0n) is 12.7. The SMILES string of the molecule is O=C1CCC(=S)C(=O)N1CCCCCN1C(=O)CCC(=S)C1=O. The maximum atomic E-state index is 11.8. The summed E-state index contributed by atoms with van der Waals surface area (Å²) in [6.07, 6.45) is 3.26. The number of hydrogen-bond acceptors (Lipinski definition) is 6. The molecule has 2 saturated heterocycles. The van der Waals surface area contributed by atoms with Crippen LogP contribution in [-0.2, 0) is 19.2 Å². The lowest BCUT2D eigenvalue weighted by Gasteiger charge is -2.26. The van der Waals surface area contributed by atoms with E-state index in [9.17, 15) is 19.2 Å². The third kappa shape index (κ3) is 4.26. The van der Waals surface area contributed by atoms with Crippen LogP contribution in [0.15, 0.2) is 0 Å². The fraction of sp³-hybridized carbons (Fsp3) is 0.600. The average Bonchev–Trinajstić information content (AvgIpc) is 2.53. The van der Waals surface area contributed by atoms with E-state index in [1.165, 1.54) is 9.80 Å². The molecule has 2 aliphatic heterocycles. The van der Waals surface area contributed by atoms with Crippen LogP contribution in [0, 0.1) is 0 Å². The van der Waals surface area contributed by atoms with Gasteiger partial charge in [0.2, 0.25) is 11.8 Å². The zero-order chi connectivity index (χ0) is 17.0. The molecule has 0 saturated carbocycles. The lowest BCUT2D eigenvalue weighted by Crippen LogP contribution is -2.45. The molecule has 2 heterocycles. The molecule has 0 aromatic rings. The Kier molecular flexibility index (Phi) is 6.06. The summed E-state index contributed by atoms with van der Waals surface area (Å²) in [7, 11) is 0. The van der Waals surface area contributed by atoms with Crippen molar-refractivity contribution in [1.82, 2.24) is 9.80 Å². The number of likely N-dealkylation sites (tertiary alicyclic amines) is 2. The molecule has 2 fully saturated rings. The molecular formula is C15H18N2O4S2. The molecule has 2 rings (SSSR count). The summed E-state index contributed by atoms with van der Waals surface area (Å²) in [4.78, 5) is 50.1. The number of carbonyl (C=O) groups excluding carboxylic acids is 4. The number of piperidine rings is 2. The van der Waals surface area contributed by atoms with Crippen molar-refractivity contribution < 1.29 is 19.2 Å². The first-order chi connectivity index (χ1) is 10.9. The van der Waals surface area contributed by atoms with Crippen LogP contribution in [0.4, 0.5) is 0 Å². The first kappa shape index (κ1) is 17.8. The van der Waals surface area contributed by atoms with Crippen molar-refractivity contribution in [3.63, 3.8) is 0 Å². The number of rotatable bonds is 6. The summed E-state index contributed by atoms with van der Waals surface area (Å²) in [5.74, 6) is -1.09. The van der Waals surface area contributed by atoms with Crippen molar-refractivity contribution in [2.75, 3.05) is 13.1 Å². The number of imide groups is 2. The number of unbranched alkanes of at least 4 members (excludes halogenated alkanes) is 2. The highest BCUT2D eigenvalue weighted by Gasteiger charge is 2.30. The highest BCUT2D eigenvalue weighted by molar-refractivity contribution is 7.82. The summed E-state index contributed by atoms with van der Waals surface area (Å²) in [5.41, 5.74) is 0. The molecule has 0 N–H and O–H groups in total. The van der Waals surface area contributed by atoms with E-state index in [1.54, 1.807) is 0 Å². The molecule has 23 heavy (non-hydrogen) atoms. The first-order valence-electron chi connectivity index (χ1n) is 7.67. The zero-order valence-corrected chi connectivity index (χ0v) is 14.3. The van der Waals surface area contributed by atoms with Crippen LogP contribution < -0.4 is 0 Å².